The topological polar surface area (TPSA) is 58.4 Å². The zero-order valence-electron chi connectivity index (χ0n) is 8.70. The normalized spacial score (nSPS) is 32.9. The summed E-state index contributed by atoms with van der Waals surface area (Å²) in [6.07, 6.45) is 3.32. The van der Waals surface area contributed by atoms with E-state index < -0.39 is 0 Å². The molecule has 1 aliphatic carbocycles. The molecule has 3 N–H and O–H groups in total. The zero-order chi connectivity index (χ0) is 10.1. The quantitative estimate of drug-likeness (QED) is 0.644. The van der Waals surface area contributed by atoms with E-state index in [0.29, 0.717) is 18.5 Å². The van der Waals surface area contributed by atoms with Gasteiger partial charge in [-0.15, -0.1) is 0 Å². The number of amides is 2. The van der Waals surface area contributed by atoms with Crippen LogP contribution >= 0.6 is 0 Å². The molecule has 0 aromatic rings. The van der Waals surface area contributed by atoms with Gasteiger partial charge in [0, 0.05) is 25.2 Å². The fourth-order valence-electron chi connectivity index (χ4n) is 2.06. The summed E-state index contributed by atoms with van der Waals surface area (Å²) in [4.78, 5) is 13.6. The van der Waals surface area contributed by atoms with Gasteiger partial charge in [-0.2, -0.15) is 0 Å². The zero-order valence-corrected chi connectivity index (χ0v) is 8.70. The van der Waals surface area contributed by atoms with Crippen molar-refractivity contribution in [3.63, 3.8) is 0 Å². The second-order valence-corrected chi connectivity index (χ2v) is 4.73. The molecule has 2 atom stereocenters. The highest BCUT2D eigenvalue weighted by atomic mass is 16.2. The number of carbonyl (C=O) groups excluding carboxylic acids is 1. The van der Waals surface area contributed by atoms with Crippen LogP contribution in [0.3, 0.4) is 0 Å². The molecular weight excluding hydrogens is 178 g/mol. The highest BCUT2D eigenvalue weighted by molar-refractivity contribution is 5.75. The number of piperidine rings is 1. The highest BCUT2D eigenvalue weighted by Gasteiger charge is 2.29. The molecule has 1 heterocycles. The maximum absolute atomic E-state index is 11.7. The maximum Gasteiger partial charge on any atom is 0.317 e. The van der Waals surface area contributed by atoms with Crippen LogP contribution < -0.4 is 11.1 Å². The van der Waals surface area contributed by atoms with Crippen LogP contribution in [0.15, 0.2) is 0 Å². The van der Waals surface area contributed by atoms with E-state index in [-0.39, 0.29) is 12.1 Å². The summed E-state index contributed by atoms with van der Waals surface area (Å²) in [6.45, 7) is 3.71. The fourth-order valence-corrected chi connectivity index (χ4v) is 2.06. The highest BCUT2D eigenvalue weighted by Crippen LogP contribution is 2.20. The van der Waals surface area contributed by atoms with E-state index in [1.165, 1.54) is 0 Å². The Morgan fingerprint density at radius 3 is 2.71 bits per heavy atom. The second kappa shape index (κ2) is 3.77. The Morgan fingerprint density at radius 1 is 1.43 bits per heavy atom. The molecule has 1 saturated carbocycles. The third kappa shape index (κ3) is 2.38. The SMILES string of the molecule is CC1CC(N)CN(C(=O)NC2CC2)C1. The summed E-state index contributed by atoms with van der Waals surface area (Å²) in [5.74, 6) is 0.531. The van der Waals surface area contributed by atoms with Crippen LogP contribution in [0, 0.1) is 5.92 Å². The summed E-state index contributed by atoms with van der Waals surface area (Å²) < 4.78 is 0. The maximum atomic E-state index is 11.7. The molecule has 1 saturated heterocycles. The molecule has 0 aromatic heterocycles. The third-order valence-corrected chi connectivity index (χ3v) is 2.88. The largest absolute Gasteiger partial charge is 0.335 e. The fraction of sp³-hybridized carbons (Fsp3) is 0.900. The lowest BCUT2D eigenvalue weighted by Crippen LogP contribution is -2.52. The molecular formula is C10H19N3O. The number of hydrogen-bond acceptors (Lipinski definition) is 2. The molecule has 0 aromatic carbocycles. The first-order valence-corrected chi connectivity index (χ1v) is 5.46. The summed E-state index contributed by atoms with van der Waals surface area (Å²) in [5.41, 5.74) is 5.88. The number of carbonyl (C=O) groups is 1. The summed E-state index contributed by atoms with van der Waals surface area (Å²) in [5, 5.41) is 3.00. The molecule has 2 aliphatic rings. The molecule has 0 spiro atoms. The summed E-state index contributed by atoms with van der Waals surface area (Å²) in [7, 11) is 0. The molecule has 80 valence electrons. The Kier molecular flexibility index (Phi) is 2.63. The van der Waals surface area contributed by atoms with E-state index in [1.54, 1.807) is 0 Å². The average molecular weight is 197 g/mol. The van der Waals surface area contributed by atoms with Crippen LogP contribution in [0.25, 0.3) is 0 Å². The van der Waals surface area contributed by atoms with Gasteiger partial charge in [0.25, 0.3) is 0 Å². The van der Waals surface area contributed by atoms with Crippen LogP contribution in [0.4, 0.5) is 4.79 Å². The number of nitrogens with two attached hydrogens (primary N) is 1. The Labute approximate surface area is 84.8 Å². The summed E-state index contributed by atoms with van der Waals surface area (Å²) in [6, 6.07) is 0.675. The minimum Gasteiger partial charge on any atom is -0.335 e. The van der Waals surface area contributed by atoms with Crippen LogP contribution in [0.2, 0.25) is 0 Å². The predicted octanol–water partition coefficient (Wildman–Crippen LogP) is 0.527. The molecule has 14 heavy (non-hydrogen) atoms. The number of likely N-dealkylation sites (tertiary alicyclic amines) is 1. The third-order valence-electron chi connectivity index (χ3n) is 2.88. The number of urea groups is 1. The first-order valence-electron chi connectivity index (χ1n) is 5.46. The van der Waals surface area contributed by atoms with Crippen LogP contribution in [-0.4, -0.2) is 36.1 Å². The molecule has 2 unspecified atom stereocenters. The van der Waals surface area contributed by atoms with E-state index in [1.807, 2.05) is 4.90 Å². The van der Waals surface area contributed by atoms with Gasteiger partial charge in [0.2, 0.25) is 0 Å². The van der Waals surface area contributed by atoms with E-state index in [9.17, 15) is 4.79 Å². The van der Waals surface area contributed by atoms with Gasteiger partial charge >= 0.3 is 6.03 Å². The van der Waals surface area contributed by atoms with Gasteiger partial charge in [-0.1, -0.05) is 6.92 Å². The monoisotopic (exact) mass is 197 g/mol. The van der Waals surface area contributed by atoms with Crippen LogP contribution in [0.1, 0.15) is 26.2 Å². The summed E-state index contributed by atoms with van der Waals surface area (Å²) >= 11 is 0. The Balaban J connectivity index is 1.85. The van der Waals surface area contributed by atoms with Gasteiger partial charge in [0.15, 0.2) is 0 Å². The van der Waals surface area contributed by atoms with Crippen molar-refractivity contribution in [3.8, 4) is 0 Å². The number of rotatable bonds is 1. The molecule has 0 bridgehead atoms. The van der Waals surface area contributed by atoms with E-state index >= 15 is 0 Å². The lowest BCUT2D eigenvalue weighted by atomic mass is 9.97. The smallest absolute Gasteiger partial charge is 0.317 e. The standard InChI is InChI=1S/C10H19N3O/c1-7-4-8(11)6-13(5-7)10(14)12-9-2-3-9/h7-9H,2-6,11H2,1H3,(H,12,14). The molecule has 2 fully saturated rings. The van der Waals surface area contributed by atoms with Crippen molar-refractivity contribution in [2.45, 2.75) is 38.3 Å². The van der Waals surface area contributed by atoms with Crippen molar-refractivity contribution < 1.29 is 4.79 Å². The van der Waals surface area contributed by atoms with Gasteiger partial charge < -0.3 is 16.0 Å². The van der Waals surface area contributed by atoms with Crippen LogP contribution in [0.5, 0.6) is 0 Å². The minimum absolute atomic E-state index is 0.0782. The molecule has 4 heteroatoms. The lowest BCUT2D eigenvalue weighted by Gasteiger charge is -2.34. The van der Waals surface area contributed by atoms with Crippen molar-refractivity contribution >= 4 is 6.03 Å². The van der Waals surface area contributed by atoms with Crippen molar-refractivity contribution in [3.05, 3.63) is 0 Å². The first kappa shape index (κ1) is 9.77. The molecule has 1 aliphatic heterocycles. The molecule has 2 amide bonds. The number of nitrogens with zero attached hydrogens (tertiary/aromatic N) is 1. The molecule has 2 rings (SSSR count). The van der Waals surface area contributed by atoms with Gasteiger partial charge in [-0.25, -0.2) is 4.79 Å². The molecule has 4 nitrogen and oxygen atoms in total. The van der Waals surface area contributed by atoms with E-state index in [2.05, 4.69) is 12.2 Å². The van der Waals surface area contributed by atoms with Crippen molar-refractivity contribution in [1.29, 1.82) is 0 Å². The van der Waals surface area contributed by atoms with Gasteiger partial charge in [-0.3, -0.25) is 0 Å². The van der Waals surface area contributed by atoms with Crippen molar-refractivity contribution in [1.82, 2.24) is 10.2 Å². The van der Waals surface area contributed by atoms with E-state index in [0.717, 1.165) is 25.8 Å². The van der Waals surface area contributed by atoms with Gasteiger partial charge in [0.05, 0.1) is 0 Å². The average Bonchev–Trinajstić information content (AvgIpc) is 2.86. The number of nitrogens with one attached hydrogen (secondary N) is 1. The Morgan fingerprint density at radius 2 is 2.14 bits per heavy atom. The Bertz CT molecular complexity index is 217. The molecule has 0 radical (unpaired) electrons. The predicted molar refractivity (Wildman–Crippen MR) is 54.9 cm³/mol. The van der Waals surface area contributed by atoms with Gasteiger partial charge in [-0.05, 0) is 25.2 Å². The first-order chi connectivity index (χ1) is 6.65. The Hall–Kier alpha value is -0.770. The minimum atomic E-state index is 0.0782. The van der Waals surface area contributed by atoms with Gasteiger partial charge in [0.1, 0.15) is 0 Å². The lowest BCUT2D eigenvalue weighted by molar-refractivity contribution is 0.160. The second-order valence-electron chi connectivity index (χ2n) is 4.73. The number of hydrogen-bond donors (Lipinski definition) is 2. The van der Waals surface area contributed by atoms with Crippen molar-refractivity contribution in [2.75, 3.05) is 13.1 Å². The van der Waals surface area contributed by atoms with E-state index in [4.69, 9.17) is 5.73 Å². The van der Waals surface area contributed by atoms with Crippen molar-refractivity contribution in [2.24, 2.45) is 11.7 Å². The van der Waals surface area contributed by atoms with Crippen LogP contribution in [-0.2, 0) is 0 Å².